The van der Waals surface area contributed by atoms with Gasteiger partial charge in [-0.3, -0.25) is 14.4 Å². The predicted octanol–water partition coefficient (Wildman–Crippen LogP) is 2.58. The van der Waals surface area contributed by atoms with E-state index >= 15 is 0 Å². The Bertz CT molecular complexity index is 818. The zero-order chi connectivity index (χ0) is 20.5. The van der Waals surface area contributed by atoms with Gasteiger partial charge >= 0.3 is 5.97 Å². The number of ether oxygens (including phenoxy) is 3. The van der Waals surface area contributed by atoms with Gasteiger partial charge in [-0.15, -0.1) is 11.3 Å². The lowest BCUT2D eigenvalue weighted by Gasteiger charge is -2.13. The molecule has 1 aromatic carbocycles. The van der Waals surface area contributed by atoms with Crippen LogP contribution in [0.4, 0.5) is 5.00 Å². The highest BCUT2D eigenvalue weighted by Crippen LogP contribution is 2.23. The smallest absolute Gasteiger partial charge is 0.306 e. The van der Waals surface area contributed by atoms with Gasteiger partial charge in [0.25, 0.3) is 11.8 Å². The van der Waals surface area contributed by atoms with Gasteiger partial charge < -0.3 is 25.3 Å². The molecule has 3 N–H and O–H groups in total. The van der Waals surface area contributed by atoms with E-state index in [-0.39, 0.29) is 12.0 Å². The summed E-state index contributed by atoms with van der Waals surface area (Å²) in [6.45, 7) is 1.79. The number of nitrogens with one attached hydrogen (secondary N) is 1. The molecule has 150 valence electrons. The first-order chi connectivity index (χ1) is 13.4. The van der Waals surface area contributed by atoms with E-state index in [9.17, 15) is 14.4 Å². The first-order valence-corrected chi connectivity index (χ1v) is 9.43. The molecular formula is C19H22N2O6S. The van der Waals surface area contributed by atoms with Gasteiger partial charge in [-0.2, -0.15) is 0 Å². The summed E-state index contributed by atoms with van der Waals surface area (Å²) in [6, 6.07) is 8.62. The number of esters is 1. The highest BCUT2D eigenvalue weighted by Gasteiger charge is 2.20. The fourth-order valence-corrected chi connectivity index (χ4v) is 3.00. The molecule has 0 bridgehead atoms. The Hall–Kier alpha value is -3.07. The van der Waals surface area contributed by atoms with Crippen LogP contribution in [-0.4, -0.2) is 37.6 Å². The van der Waals surface area contributed by atoms with Crippen LogP contribution < -0.4 is 20.5 Å². The van der Waals surface area contributed by atoms with Gasteiger partial charge in [0.15, 0.2) is 6.10 Å². The standard InChI is InChI=1S/C19H22N2O6S/c1-12(18(24)21-19-15(17(20)23)9-11-28-19)27-16(22)4-3-10-26-14-7-5-13(25-2)6-8-14/h5-9,11-12H,3-4,10H2,1-2H3,(H2,20,23)(H,21,24)/t12-/m0/s1. The molecule has 8 nitrogen and oxygen atoms in total. The van der Waals surface area contributed by atoms with Crippen molar-refractivity contribution in [1.82, 2.24) is 0 Å². The fourth-order valence-electron chi connectivity index (χ4n) is 2.20. The van der Waals surface area contributed by atoms with Gasteiger partial charge in [-0.1, -0.05) is 0 Å². The molecular weight excluding hydrogens is 384 g/mol. The van der Waals surface area contributed by atoms with Crippen LogP contribution in [0.3, 0.4) is 0 Å². The average molecular weight is 406 g/mol. The molecule has 0 saturated carbocycles. The normalized spacial score (nSPS) is 11.4. The molecule has 2 aromatic rings. The third kappa shape index (κ3) is 6.27. The molecule has 0 saturated heterocycles. The minimum absolute atomic E-state index is 0.110. The van der Waals surface area contributed by atoms with Gasteiger partial charge in [-0.25, -0.2) is 0 Å². The molecule has 1 atom stereocenters. The van der Waals surface area contributed by atoms with E-state index in [1.807, 2.05) is 0 Å². The summed E-state index contributed by atoms with van der Waals surface area (Å²) < 4.78 is 15.7. The number of carbonyl (C=O) groups excluding carboxylic acids is 3. The molecule has 0 aliphatic heterocycles. The number of nitrogens with two attached hydrogens (primary N) is 1. The van der Waals surface area contributed by atoms with Crippen LogP contribution in [0.25, 0.3) is 0 Å². The number of carbonyl (C=O) groups is 3. The lowest BCUT2D eigenvalue weighted by Crippen LogP contribution is -2.30. The molecule has 9 heteroatoms. The summed E-state index contributed by atoms with van der Waals surface area (Å²) in [6.07, 6.45) is -0.451. The highest BCUT2D eigenvalue weighted by atomic mass is 32.1. The van der Waals surface area contributed by atoms with Gasteiger partial charge in [0.2, 0.25) is 0 Å². The molecule has 0 fully saturated rings. The summed E-state index contributed by atoms with van der Waals surface area (Å²) >= 11 is 1.16. The van der Waals surface area contributed by atoms with Gasteiger partial charge in [0.05, 0.1) is 19.3 Å². The maximum atomic E-state index is 12.1. The van der Waals surface area contributed by atoms with Crippen LogP contribution in [0, 0.1) is 0 Å². The monoisotopic (exact) mass is 406 g/mol. The number of benzene rings is 1. The zero-order valence-electron chi connectivity index (χ0n) is 15.6. The topological polar surface area (TPSA) is 117 Å². The summed E-state index contributed by atoms with van der Waals surface area (Å²) in [4.78, 5) is 35.3. The maximum absolute atomic E-state index is 12.1. The Labute approximate surface area is 166 Å². The van der Waals surface area contributed by atoms with Crippen LogP contribution in [-0.2, 0) is 14.3 Å². The number of hydrogen-bond acceptors (Lipinski definition) is 7. The van der Waals surface area contributed by atoms with E-state index in [0.29, 0.717) is 23.8 Å². The molecule has 0 aliphatic carbocycles. The van der Waals surface area contributed by atoms with Crippen molar-refractivity contribution in [3.63, 3.8) is 0 Å². The van der Waals surface area contributed by atoms with Gasteiger partial charge in [0, 0.05) is 6.42 Å². The first-order valence-electron chi connectivity index (χ1n) is 8.55. The largest absolute Gasteiger partial charge is 0.497 e. The van der Waals surface area contributed by atoms with E-state index in [4.69, 9.17) is 19.9 Å². The summed E-state index contributed by atoms with van der Waals surface area (Å²) in [5, 5.41) is 4.50. The van der Waals surface area contributed by atoms with Crippen LogP contribution >= 0.6 is 11.3 Å². The van der Waals surface area contributed by atoms with Gasteiger partial charge in [-0.05, 0) is 49.1 Å². The average Bonchev–Trinajstić information content (AvgIpc) is 3.14. The molecule has 2 amide bonds. The third-order valence-electron chi connectivity index (χ3n) is 3.70. The van der Waals surface area contributed by atoms with Crippen molar-refractivity contribution >= 4 is 34.1 Å². The van der Waals surface area contributed by atoms with Crippen molar-refractivity contribution < 1.29 is 28.6 Å². The Morgan fingerprint density at radius 3 is 2.46 bits per heavy atom. The van der Waals surface area contributed by atoms with Gasteiger partial charge in [0.1, 0.15) is 16.5 Å². The van der Waals surface area contributed by atoms with E-state index in [1.165, 1.54) is 13.0 Å². The number of primary amides is 1. The van der Waals surface area contributed by atoms with Crippen LogP contribution in [0.5, 0.6) is 11.5 Å². The Morgan fingerprint density at radius 1 is 1.14 bits per heavy atom. The van der Waals surface area contributed by atoms with Crippen molar-refractivity contribution in [2.24, 2.45) is 5.73 Å². The molecule has 0 unspecified atom stereocenters. The third-order valence-corrected chi connectivity index (χ3v) is 4.53. The summed E-state index contributed by atoms with van der Waals surface area (Å²) in [5.41, 5.74) is 5.44. The zero-order valence-corrected chi connectivity index (χ0v) is 16.4. The number of anilines is 1. The number of amides is 2. The second-order valence-corrected chi connectivity index (χ2v) is 6.69. The summed E-state index contributed by atoms with van der Waals surface area (Å²) in [5.74, 6) is -0.287. The second kappa shape index (κ2) is 10.3. The Kier molecular flexibility index (Phi) is 7.82. The highest BCUT2D eigenvalue weighted by molar-refractivity contribution is 7.14. The Morgan fingerprint density at radius 2 is 1.82 bits per heavy atom. The molecule has 0 radical (unpaired) electrons. The Balaban J connectivity index is 1.70. The van der Waals surface area contributed by atoms with Crippen molar-refractivity contribution in [3.8, 4) is 11.5 Å². The van der Waals surface area contributed by atoms with E-state index in [2.05, 4.69) is 5.32 Å². The quantitative estimate of drug-likeness (QED) is 0.463. The van der Waals surface area contributed by atoms with Crippen molar-refractivity contribution in [2.45, 2.75) is 25.9 Å². The van der Waals surface area contributed by atoms with E-state index in [1.54, 1.807) is 36.8 Å². The summed E-state index contributed by atoms with van der Waals surface area (Å²) in [7, 11) is 1.58. The van der Waals surface area contributed by atoms with Crippen molar-refractivity contribution in [1.29, 1.82) is 0 Å². The number of methoxy groups -OCH3 is 1. The van der Waals surface area contributed by atoms with Crippen LogP contribution in [0.1, 0.15) is 30.1 Å². The predicted molar refractivity (Wildman–Crippen MR) is 105 cm³/mol. The van der Waals surface area contributed by atoms with Crippen LogP contribution in [0.2, 0.25) is 0 Å². The number of hydrogen-bond donors (Lipinski definition) is 2. The van der Waals surface area contributed by atoms with E-state index < -0.39 is 23.9 Å². The van der Waals surface area contributed by atoms with Crippen molar-refractivity contribution in [3.05, 3.63) is 41.3 Å². The minimum Gasteiger partial charge on any atom is -0.497 e. The molecule has 2 rings (SSSR count). The molecule has 1 aromatic heterocycles. The molecule has 0 spiro atoms. The molecule has 28 heavy (non-hydrogen) atoms. The maximum Gasteiger partial charge on any atom is 0.306 e. The van der Waals surface area contributed by atoms with Crippen LogP contribution in [0.15, 0.2) is 35.7 Å². The minimum atomic E-state index is -1.00. The second-order valence-electron chi connectivity index (χ2n) is 5.78. The molecule has 0 aliphatic rings. The fraction of sp³-hybridized carbons (Fsp3) is 0.316. The van der Waals surface area contributed by atoms with E-state index in [0.717, 1.165) is 17.1 Å². The lowest BCUT2D eigenvalue weighted by atomic mass is 10.3. The SMILES string of the molecule is COc1ccc(OCCCC(=O)O[C@@H](C)C(=O)Nc2sccc2C(N)=O)cc1. The molecule has 1 heterocycles. The van der Waals surface area contributed by atoms with Crippen molar-refractivity contribution in [2.75, 3.05) is 19.0 Å². The lowest BCUT2D eigenvalue weighted by molar-refractivity contribution is -0.153. The first kappa shape index (κ1) is 21.2. The number of thiophene rings is 1. The number of rotatable bonds is 10.